The number of carbonyl (C=O) groups excluding carboxylic acids is 2. The smallest absolute Gasteiger partial charge is 0.241 e. The van der Waals surface area contributed by atoms with Crippen LogP contribution in [-0.4, -0.2) is 42.9 Å². The third-order valence-corrected chi connectivity index (χ3v) is 3.47. The number of nitrogens with two attached hydrogens (primary N) is 1. The summed E-state index contributed by atoms with van der Waals surface area (Å²) in [5, 5.41) is 2.51. The lowest BCUT2D eigenvalue weighted by molar-refractivity contribution is -0.134. The van der Waals surface area contributed by atoms with Gasteiger partial charge in [-0.15, -0.1) is 0 Å². The molecule has 0 spiro atoms. The fraction of sp³-hybridized carbons (Fsp3) is 0.833. The van der Waals surface area contributed by atoms with E-state index in [4.69, 9.17) is 5.73 Å². The van der Waals surface area contributed by atoms with Crippen molar-refractivity contribution >= 4 is 11.8 Å². The molecule has 3 N–H and O–H groups in total. The van der Waals surface area contributed by atoms with Gasteiger partial charge in [0.2, 0.25) is 11.8 Å². The summed E-state index contributed by atoms with van der Waals surface area (Å²) in [4.78, 5) is 24.6. The van der Waals surface area contributed by atoms with Crippen LogP contribution in [0.3, 0.4) is 0 Å². The summed E-state index contributed by atoms with van der Waals surface area (Å²) in [5.74, 6) is 0.359. The third-order valence-electron chi connectivity index (χ3n) is 3.47. The summed E-state index contributed by atoms with van der Waals surface area (Å²) in [6.45, 7) is 2.20. The van der Waals surface area contributed by atoms with Crippen molar-refractivity contribution in [2.45, 2.75) is 38.6 Å². The van der Waals surface area contributed by atoms with Crippen molar-refractivity contribution in [1.82, 2.24) is 10.2 Å². The standard InChI is InChI=1S/C12H23N3O2/c1-9-4-3-5-10(6-9)15(2)12(17)8-14-11(16)7-13/h9-10H,3-8,13H2,1-2H3,(H,14,16). The van der Waals surface area contributed by atoms with Crippen molar-refractivity contribution in [3.05, 3.63) is 0 Å². The zero-order valence-electron chi connectivity index (χ0n) is 10.7. The molecule has 0 radical (unpaired) electrons. The summed E-state index contributed by atoms with van der Waals surface area (Å²) in [6, 6.07) is 0.320. The van der Waals surface area contributed by atoms with E-state index in [1.165, 1.54) is 12.8 Å². The van der Waals surface area contributed by atoms with Crippen molar-refractivity contribution in [3.63, 3.8) is 0 Å². The van der Waals surface area contributed by atoms with Crippen LogP contribution in [0.15, 0.2) is 0 Å². The Bertz CT molecular complexity index is 281. The summed E-state index contributed by atoms with van der Waals surface area (Å²) in [7, 11) is 1.82. The largest absolute Gasteiger partial charge is 0.346 e. The van der Waals surface area contributed by atoms with E-state index in [1.807, 2.05) is 7.05 Å². The van der Waals surface area contributed by atoms with Crippen LogP contribution in [0.1, 0.15) is 32.6 Å². The quantitative estimate of drug-likeness (QED) is 0.733. The van der Waals surface area contributed by atoms with Gasteiger partial charge in [0.05, 0.1) is 13.1 Å². The lowest BCUT2D eigenvalue weighted by Crippen LogP contribution is -2.45. The van der Waals surface area contributed by atoms with Crippen LogP contribution in [-0.2, 0) is 9.59 Å². The van der Waals surface area contributed by atoms with Crippen molar-refractivity contribution in [2.75, 3.05) is 20.1 Å². The van der Waals surface area contributed by atoms with E-state index in [0.717, 1.165) is 12.8 Å². The number of hydrogen-bond donors (Lipinski definition) is 2. The number of nitrogens with one attached hydrogen (secondary N) is 1. The van der Waals surface area contributed by atoms with E-state index < -0.39 is 0 Å². The second-order valence-electron chi connectivity index (χ2n) is 4.91. The molecule has 17 heavy (non-hydrogen) atoms. The Labute approximate surface area is 103 Å². The predicted molar refractivity (Wildman–Crippen MR) is 66.3 cm³/mol. The topological polar surface area (TPSA) is 75.4 Å². The monoisotopic (exact) mass is 241 g/mol. The van der Waals surface area contributed by atoms with Crippen LogP contribution in [0.2, 0.25) is 0 Å². The van der Waals surface area contributed by atoms with Gasteiger partial charge in [0.15, 0.2) is 0 Å². The number of carbonyl (C=O) groups is 2. The molecule has 1 rings (SSSR count). The SMILES string of the molecule is CC1CCCC(N(C)C(=O)CNC(=O)CN)C1. The minimum Gasteiger partial charge on any atom is -0.346 e. The van der Waals surface area contributed by atoms with Crippen LogP contribution in [0.4, 0.5) is 0 Å². The molecule has 0 saturated heterocycles. The Morgan fingerprint density at radius 1 is 1.41 bits per heavy atom. The van der Waals surface area contributed by atoms with Gasteiger partial charge in [-0.1, -0.05) is 19.8 Å². The molecule has 0 aromatic carbocycles. The Morgan fingerprint density at radius 2 is 2.12 bits per heavy atom. The van der Waals surface area contributed by atoms with E-state index in [1.54, 1.807) is 4.90 Å². The normalized spacial score (nSPS) is 24.2. The van der Waals surface area contributed by atoms with Gasteiger partial charge in [-0.25, -0.2) is 0 Å². The first-order valence-electron chi connectivity index (χ1n) is 6.27. The zero-order valence-corrected chi connectivity index (χ0v) is 10.7. The molecule has 5 heteroatoms. The minimum absolute atomic E-state index is 0.0362. The first-order valence-corrected chi connectivity index (χ1v) is 6.27. The van der Waals surface area contributed by atoms with Gasteiger partial charge in [0, 0.05) is 13.1 Å². The van der Waals surface area contributed by atoms with E-state index in [2.05, 4.69) is 12.2 Å². The third kappa shape index (κ3) is 4.34. The molecule has 5 nitrogen and oxygen atoms in total. The highest BCUT2D eigenvalue weighted by Crippen LogP contribution is 2.26. The van der Waals surface area contributed by atoms with Gasteiger partial charge in [0.25, 0.3) is 0 Å². The number of nitrogens with zero attached hydrogens (tertiary/aromatic N) is 1. The molecule has 1 aliphatic rings. The molecular formula is C12H23N3O2. The Kier molecular flexibility index (Phi) is 5.41. The Hall–Kier alpha value is -1.10. The predicted octanol–water partition coefficient (Wildman–Crippen LogP) is 0.0984. The van der Waals surface area contributed by atoms with Crippen LogP contribution in [0.5, 0.6) is 0 Å². The zero-order chi connectivity index (χ0) is 12.8. The molecular weight excluding hydrogens is 218 g/mol. The molecule has 2 unspecified atom stereocenters. The second-order valence-corrected chi connectivity index (χ2v) is 4.91. The molecule has 1 saturated carbocycles. The van der Waals surface area contributed by atoms with E-state index in [-0.39, 0.29) is 24.9 Å². The maximum absolute atomic E-state index is 11.8. The van der Waals surface area contributed by atoms with Crippen LogP contribution in [0, 0.1) is 5.92 Å². The average molecular weight is 241 g/mol. The van der Waals surface area contributed by atoms with Crippen LogP contribution < -0.4 is 11.1 Å². The number of amides is 2. The van der Waals surface area contributed by atoms with Crippen molar-refractivity contribution in [2.24, 2.45) is 11.7 Å². The van der Waals surface area contributed by atoms with E-state index in [0.29, 0.717) is 12.0 Å². The van der Waals surface area contributed by atoms with Gasteiger partial charge >= 0.3 is 0 Å². The maximum atomic E-state index is 11.8. The molecule has 0 bridgehead atoms. The molecule has 0 aliphatic heterocycles. The van der Waals surface area contributed by atoms with Gasteiger partial charge in [-0.2, -0.15) is 0 Å². The highest BCUT2D eigenvalue weighted by Gasteiger charge is 2.25. The van der Waals surface area contributed by atoms with Crippen molar-refractivity contribution in [1.29, 1.82) is 0 Å². The molecule has 1 fully saturated rings. The summed E-state index contributed by atoms with van der Waals surface area (Å²) in [6.07, 6.45) is 4.56. The van der Waals surface area contributed by atoms with Crippen molar-refractivity contribution in [3.8, 4) is 0 Å². The first-order chi connectivity index (χ1) is 8.04. The van der Waals surface area contributed by atoms with Gasteiger partial charge in [-0.05, 0) is 18.8 Å². The van der Waals surface area contributed by atoms with Gasteiger partial charge < -0.3 is 16.0 Å². The highest BCUT2D eigenvalue weighted by atomic mass is 16.2. The maximum Gasteiger partial charge on any atom is 0.241 e. The summed E-state index contributed by atoms with van der Waals surface area (Å²) in [5.41, 5.74) is 5.16. The molecule has 0 aromatic heterocycles. The van der Waals surface area contributed by atoms with Gasteiger partial charge in [0.1, 0.15) is 0 Å². The minimum atomic E-state index is -0.288. The van der Waals surface area contributed by atoms with Crippen molar-refractivity contribution < 1.29 is 9.59 Å². The molecule has 98 valence electrons. The van der Waals surface area contributed by atoms with Crippen LogP contribution >= 0.6 is 0 Å². The van der Waals surface area contributed by atoms with Gasteiger partial charge in [-0.3, -0.25) is 9.59 Å². The lowest BCUT2D eigenvalue weighted by atomic mass is 9.86. The number of rotatable bonds is 4. The highest BCUT2D eigenvalue weighted by molar-refractivity contribution is 5.85. The number of hydrogen-bond acceptors (Lipinski definition) is 3. The lowest BCUT2D eigenvalue weighted by Gasteiger charge is -2.34. The molecule has 1 aliphatic carbocycles. The fourth-order valence-electron chi connectivity index (χ4n) is 2.33. The Balaban J connectivity index is 2.37. The fourth-order valence-corrected chi connectivity index (χ4v) is 2.33. The van der Waals surface area contributed by atoms with E-state index >= 15 is 0 Å². The average Bonchev–Trinajstić information content (AvgIpc) is 2.34. The number of likely N-dealkylation sites (N-methyl/N-ethyl adjacent to an activating group) is 1. The van der Waals surface area contributed by atoms with E-state index in [9.17, 15) is 9.59 Å². The second kappa shape index (κ2) is 6.59. The summed E-state index contributed by atoms with van der Waals surface area (Å²) < 4.78 is 0. The summed E-state index contributed by atoms with van der Waals surface area (Å²) >= 11 is 0. The first kappa shape index (κ1) is 14.0. The molecule has 2 atom stereocenters. The molecule has 0 heterocycles. The molecule has 0 aromatic rings. The molecule has 2 amide bonds. The Morgan fingerprint density at radius 3 is 2.71 bits per heavy atom. The van der Waals surface area contributed by atoms with Crippen LogP contribution in [0.25, 0.3) is 0 Å².